The summed E-state index contributed by atoms with van der Waals surface area (Å²) in [5.74, 6) is -0.470. The Morgan fingerprint density at radius 1 is 1.06 bits per heavy atom. The number of nitrogens with two attached hydrogens (primary N) is 1. The highest BCUT2D eigenvalue weighted by atomic mass is 32.2. The third-order valence-electron chi connectivity index (χ3n) is 5.35. The average molecular weight is 487 g/mol. The Morgan fingerprint density at radius 2 is 1.64 bits per heavy atom. The monoisotopic (exact) mass is 486 g/mol. The first-order chi connectivity index (χ1) is 15.4. The van der Waals surface area contributed by atoms with Gasteiger partial charge in [0, 0.05) is 38.4 Å². The molecule has 33 heavy (non-hydrogen) atoms. The van der Waals surface area contributed by atoms with Gasteiger partial charge in [-0.25, -0.2) is 13.6 Å². The third kappa shape index (κ3) is 7.42. The predicted molar refractivity (Wildman–Crippen MR) is 116 cm³/mol. The second kappa shape index (κ2) is 10.1. The van der Waals surface area contributed by atoms with E-state index in [1.165, 1.54) is 36.4 Å². The number of hydrogen-bond acceptors (Lipinski definition) is 6. The highest BCUT2D eigenvalue weighted by Gasteiger charge is 2.31. The Hall–Kier alpha value is -2.67. The fourth-order valence-corrected chi connectivity index (χ4v) is 4.02. The van der Waals surface area contributed by atoms with Crippen LogP contribution in [-0.4, -0.2) is 62.7 Å². The summed E-state index contributed by atoms with van der Waals surface area (Å²) in [6, 6.07) is 11.0. The Balaban J connectivity index is 1.47. The van der Waals surface area contributed by atoms with E-state index in [-0.39, 0.29) is 16.6 Å². The van der Waals surface area contributed by atoms with E-state index in [9.17, 15) is 26.4 Å². The molecule has 12 heteroatoms. The third-order valence-corrected chi connectivity index (χ3v) is 6.28. The van der Waals surface area contributed by atoms with Crippen molar-refractivity contribution in [3.8, 4) is 5.75 Å². The summed E-state index contributed by atoms with van der Waals surface area (Å²) in [5, 5.41) is 7.84. The summed E-state index contributed by atoms with van der Waals surface area (Å²) >= 11 is 0. The van der Waals surface area contributed by atoms with Crippen molar-refractivity contribution in [3.05, 3.63) is 54.1 Å². The van der Waals surface area contributed by atoms with E-state index >= 15 is 0 Å². The fourth-order valence-electron chi connectivity index (χ4n) is 3.50. The highest BCUT2D eigenvalue weighted by molar-refractivity contribution is 7.89. The lowest BCUT2D eigenvalue weighted by atomic mass is 10.1. The highest BCUT2D eigenvalue weighted by Crippen LogP contribution is 2.23. The van der Waals surface area contributed by atoms with E-state index in [1.807, 2.05) is 4.90 Å². The van der Waals surface area contributed by atoms with Gasteiger partial charge in [0.15, 0.2) is 0 Å². The number of hydrogen-bond donors (Lipinski definition) is 2. The number of carbonyl (C=O) groups is 1. The second-order valence-corrected chi connectivity index (χ2v) is 9.30. The van der Waals surface area contributed by atoms with Crippen LogP contribution in [0.25, 0.3) is 0 Å². The van der Waals surface area contributed by atoms with E-state index in [1.54, 1.807) is 19.1 Å². The molecule has 8 nitrogen and oxygen atoms in total. The maximum Gasteiger partial charge on any atom is 0.573 e. The van der Waals surface area contributed by atoms with Crippen molar-refractivity contribution in [2.75, 3.05) is 31.5 Å². The van der Waals surface area contributed by atoms with Gasteiger partial charge in [0.05, 0.1) is 10.9 Å². The van der Waals surface area contributed by atoms with E-state index in [4.69, 9.17) is 5.14 Å². The van der Waals surface area contributed by atoms with Crippen LogP contribution in [0.4, 0.5) is 18.9 Å². The number of amides is 1. The van der Waals surface area contributed by atoms with Crippen molar-refractivity contribution in [1.29, 1.82) is 0 Å². The number of benzene rings is 2. The molecule has 2 aromatic carbocycles. The van der Waals surface area contributed by atoms with Crippen LogP contribution < -0.4 is 15.2 Å². The molecular weight excluding hydrogens is 461 g/mol. The zero-order chi connectivity index (χ0) is 24.2. The van der Waals surface area contributed by atoms with Gasteiger partial charge in [0.25, 0.3) is 0 Å². The molecule has 0 saturated carbocycles. The number of primary sulfonamides is 1. The van der Waals surface area contributed by atoms with Gasteiger partial charge in [0.2, 0.25) is 15.9 Å². The summed E-state index contributed by atoms with van der Waals surface area (Å²) in [6.45, 7) is 5.06. The van der Waals surface area contributed by atoms with Crippen molar-refractivity contribution < 1.29 is 31.1 Å². The molecule has 1 aliphatic heterocycles. The first-order valence-corrected chi connectivity index (χ1v) is 11.7. The molecular formula is C21H25F3N4O4S. The number of alkyl halides is 3. The molecule has 180 valence electrons. The summed E-state index contributed by atoms with van der Waals surface area (Å²) < 4.78 is 63.3. The van der Waals surface area contributed by atoms with Crippen molar-refractivity contribution >= 4 is 21.6 Å². The minimum Gasteiger partial charge on any atom is -0.406 e. The van der Waals surface area contributed by atoms with Crippen LogP contribution in [0.1, 0.15) is 12.5 Å². The number of piperazine rings is 1. The van der Waals surface area contributed by atoms with Gasteiger partial charge in [-0.05, 0) is 48.9 Å². The molecule has 2 aromatic rings. The molecule has 3 rings (SSSR count). The predicted octanol–water partition coefficient (Wildman–Crippen LogP) is 2.38. The van der Waals surface area contributed by atoms with Crippen LogP contribution in [0.5, 0.6) is 5.75 Å². The van der Waals surface area contributed by atoms with Gasteiger partial charge in [0.1, 0.15) is 5.75 Å². The normalized spacial score (nSPS) is 16.9. The lowest BCUT2D eigenvalue weighted by molar-refractivity contribution is -0.274. The molecule has 1 aliphatic rings. The van der Waals surface area contributed by atoms with E-state index in [0.717, 1.165) is 5.56 Å². The van der Waals surface area contributed by atoms with Crippen molar-refractivity contribution in [1.82, 2.24) is 9.80 Å². The van der Waals surface area contributed by atoms with E-state index < -0.39 is 22.4 Å². The molecule has 0 bridgehead atoms. The van der Waals surface area contributed by atoms with Crippen LogP contribution in [0, 0.1) is 0 Å². The van der Waals surface area contributed by atoms with Gasteiger partial charge >= 0.3 is 6.36 Å². The smallest absolute Gasteiger partial charge is 0.406 e. The van der Waals surface area contributed by atoms with Gasteiger partial charge in [-0.2, -0.15) is 0 Å². The molecule has 1 atom stereocenters. The van der Waals surface area contributed by atoms with E-state index in [2.05, 4.69) is 15.0 Å². The fraction of sp³-hybridized carbons (Fsp3) is 0.381. The Morgan fingerprint density at radius 3 is 2.15 bits per heavy atom. The standard InChI is InChI=1S/C21H25F3N4O4S/c1-15(20(29)26-17-4-8-19(9-5-17)33(25,30)31)28-12-10-27(11-13-28)14-16-2-6-18(7-3-16)32-21(22,23)24/h2-9,15H,10-14H2,1H3,(H,26,29)(H2,25,30,31). The number of nitrogens with zero attached hydrogens (tertiary/aromatic N) is 2. The average Bonchev–Trinajstić information content (AvgIpc) is 2.74. The summed E-state index contributed by atoms with van der Waals surface area (Å²) in [7, 11) is -3.80. The van der Waals surface area contributed by atoms with Crippen molar-refractivity contribution in [2.45, 2.75) is 30.8 Å². The van der Waals surface area contributed by atoms with E-state index in [0.29, 0.717) is 38.4 Å². The maximum atomic E-state index is 12.6. The SMILES string of the molecule is CC(C(=O)Nc1ccc(S(N)(=O)=O)cc1)N1CCN(Cc2ccc(OC(F)(F)F)cc2)CC1. The number of anilines is 1. The molecule has 1 heterocycles. The lowest BCUT2D eigenvalue weighted by Gasteiger charge is -2.37. The largest absolute Gasteiger partial charge is 0.573 e. The number of ether oxygens (including phenoxy) is 1. The van der Waals surface area contributed by atoms with Crippen LogP contribution in [-0.2, 0) is 21.4 Å². The lowest BCUT2D eigenvalue weighted by Crippen LogP contribution is -2.52. The Labute approximate surface area is 190 Å². The van der Waals surface area contributed by atoms with Crippen LogP contribution in [0.3, 0.4) is 0 Å². The molecule has 1 amide bonds. The number of sulfonamides is 1. The van der Waals surface area contributed by atoms with Crippen LogP contribution in [0.2, 0.25) is 0 Å². The summed E-state index contributed by atoms with van der Waals surface area (Å²) in [5.41, 5.74) is 1.34. The number of rotatable bonds is 7. The topological polar surface area (TPSA) is 105 Å². The molecule has 0 aliphatic carbocycles. The minimum absolute atomic E-state index is 0.0350. The molecule has 1 unspecified atom stereocenters. The minimum atomic E-state index is -4.71. The molecule has 1 fully saturated rings. The van der Waals surface area contributed by atoms with Gasteiger partial charge in [-0.15, -0.1) is 13.2 Å². The maximum absolute atomic E-state index is 12.6. The zero-order valence-corrected chi connectivity index (χ0v) is 18.7. The van der Waals surface area contributed by atoms with Gasteiger partial charge in [-0.3, -0.25) is 14.6 Å². The van der Waals surface area contributed by atoms with Crippen molar-refractivity contribution in [2.24, 2.45) is 5.14 Å². The molecule has 0 aromatic heterocycles. The van der Waals surface area contributed by atoms with Gasteiger partial charge < -0.3 is 10.1 Å². The second-order valence-electron chi connectivity index (χ2n) is 7.74. The quantitative estimate of drug-likeness (QED) is 0.623. The molecule has 0 radical (unpaired) electrons. The summed E-state index contributed by atoms with van der Waals surface area (Å²) in [6.07, 6.45) is -4.71. The number of carbonyl (C=O) groups excluding carboxylic acids is 1. The Bertz CT molecular complexity index is 1050. The first kappa shape index (κ1) is 25.0. The van der Waals surface area contributed by atoms with Gasteiger partial charge in [-0.1, -0.05) is 12.1 Å². The first-order valence-electron chi connectivity index (χ1n) is 10.2. The van der Waals surface area contributed by atoms with Crippen LogP contribution in [0.15, 0.2) is 53.4 Å². The summed E-state index contributed by atoms with van der Waals surface area (Å²) in [4.78, 5) is 16.8. The molecule has 0 spiro atoms. The van der Waals surface area contributed by atoms with Crippen LogP contribution >= 0.6 is 0 Å². The zero-order valence-electron chi connectivity index (χ0n) is 17.9. The molecule has 1 saturated heterocycles. The number of halogens is 3. The Kier molecular flexibility index (Phi) is 7.62. The molecule has 3 N–H and O–H groups in total. The van der Waals surface area contributed by atoms with Crippen molar-refractivity contribution in [3.63, 3.8) is 0 Å². The number of nitrogens with one attached hydrogen (secondary N) is 1.